The van der Waals surface area contributed by atoms with Gasteiger partial charge >= 0.3 is 0 Å². The zero-order valence-electron chi connectivity index (χ0n) is 15.6. The van der Waals surface area contributed by atoms with Crippen molar-refractivity contribution in [1.29, 1.82) is 0 Å². The highest BCUT2D eigenvalue weighted by atomic mass is 35.5. The van der Waals surface area contributed by atoms with Crippen LogP contribution in [0.15, 0.2) is 53.6 Å². The maximum Gasteiger partial charge on any atom is 0.287 e. The third-order valence-electron chi connectivity index (χ3n) is 4.93. The second-order valence-corrected chi connectivity index (χ2v) is 8.79. The van der Waals surface area contributed by atoms with Gasteiger partial charge in [-0.25, -0.2) is 0 Å². The predicted octanol–water partition coefficient (Wildman–Crippen LogP) is 4.56. The lowest BCUT2D eigenvalue weighted by Crippen LogP contribution is -2.37. The average Bonchev–Trinajstić information content (AvgIpc) is 3.43. The molecule has 4 nitrogen and oxygen atoms in total. The van der Waals surface area contributed by atoms with Crippen molar-refractivity contribution in [2.24, 2.45) is 0 Å². The summed E-state index contributed by atoms with van der Waals surface area (Å²) >= 11 is 3.46. The van der Waals surface area contributed by atoms with Crippen LogP contribution in [0.4, 0.5) is 0 Å². The molecule has 0 saturated carbocycles. The van der Waals surface area contributed by atoms with Crippen LogP contribution >= 0.6 is 35.5 Å². The number of thioether (sulfide) groups is 1. The summed E-state index contributed by atoms with van der Waals surface area (Å²) in [6.07, 6.45) is 2.47. The Balaban J connectivity index is 0.00000225. The third-order valence-corrected chi connectivity index (χ3v) is 6.99. The van der Waals surface area contributed by atoms with E-state index in [1.807, 2.05) is 30.3 Å². The molecule has 1 saturated heterocycles. The Morgan fingerprint density at radius 3 is 2.64 bits per heavy atom. The van der Waals surface area contributed by atoms with Crippen LogP contribution in [0.2, 0.25) is 0 Å². The van der Waals surface area contributed by atoms with Gasteiger partial charge in [0.05, 0.1) is 17.6 Å². The molecule has 1 N–H and O–H groups in total. The fourth-order valence-corrected chi connectivity index (χ4v) is 5.42. The SMILES string of the molecule is Cl.O=C(NCC(c1cccs1)N1CCCC1)C1=C(c2ccccc2)SCCO1. The van der Waals surface area contributed by atoms with Gasteiger partial charge in [-0.2, -0.15) is 0 Å². The maximum absolute atomic E-state index is 12.9. The summed E-state index contributed by atoms with van der Waals surface area (Å²) in [6.45, 7) is 3.38. The first kappa shape index (κ1) is 21.2. The molecule has 1 aromatic carbocycles. The number of nitrogens with one attached hydrogen (secondary N) is 1. The van der Waals surface area contributed by atoms with Crippen LogP contribution in [0, 0.1) is 0 Å². The van der Waals surface area contributed by atoms with E-state index < -0.39 is 0 Å². The maximum atomic E-state index is 12.9. The molecule has 1 aromatic heterocycles. The molecule has 4 rings (SSSR count). The molecule has 2 aromatic rings. The van der Waals surface area contributed by atoms with Crippen LogP contribution in [0.5, 0.6) is 0 Å². The summed E-state index contributed by atoms with van der Waals surface area (Å²) in [5, 5.41) is 5.26. The minimum atomic E-state index is -0.109. The molecule has 1 fully saturated rings. The molecule has 28 heavy (non-hydrogen) atoms. The van der Waals surface area contributed by atoms with E-state index in [4.69, 9.17) is 4.74 Å². The second kappa shape index (κ2) is 10.3. The molecule has 1 amide bonds. The number of amides is 1. The molecule has 150 valence electrons. The molecule has 2 aliphatic rings. The number of thiophene rings is 1. The largest absolute Gasteiger partial charge is 0.486 e. The molecule has 0 aliphatic carbocycles. The van der Waals surface area contributed by atoms with Crippen LogP contribution in [0.25, 0.3) is 4.91 Å². The number of hydrogen-bond acceptors (Lipinski definition) is 5. The van der Waals surface area contributed by atoms with Crippen molar-refractivity contribution >= 4 is 46.3 Å². The van der Waals surface area contributed by atoms with Crippen molar-refractivity contribution in [3.8, 4) is 0 Å². The number of nitrogens with zero attached hydrogens (tertiary/aromatic N) is 1. The van der Waals surface area contributed by atoms with Gasteiger partial charge in [-0.15, -0.1) is 35.5 Å². The van der Waals surface area contributed by atoms with Crippen molar-refractivity contribution in [1.82, 2.24) is 10.2 Å². The van der Waals surface area contributed by atoms with Gasteiger partial charge in [0.1, 0.15) is 0 Å². The van der Waals surface area contributed by atoms with Crippen LogP contribution in [0.3, 0.4) is 0 Å². The first-order valence-corrected chi connectivity index (χ1v) is 11.3. The number of rotatable bonds is 6. The summed E-state index contributed by atoms with van der Waals surface area (Å²) in [5.41, 5.74) is 1.04. The minimum Gasteiger partial charge on any atom is -0.486 e. The molecule has 2 aliphatic heterocycles. The van der Waals surface area contributed by atoms with E-state index in [2.05, 4.69) is 27.7 Å². The normalized spacial score (nSPS) is 18.3. The number of ether oxygens (including phenoxy) is 1. The minimum absolute atomic E-state index is 0. The fraction of sp³-hybridized carbons (Fsp3) is 0.381. The Morgan fingerprint density at radius 2 is 1.93 bits per heavy atom. The van der Waals surface area contributed by atoms with Crippen LogP contribution in [-0.2, 0) is 9.53 Å². The molecule has 0 radical (unpaired) electrons. The first-order valence-electron chi connectivity index (χ1n) is 9.44. The lowest BCUT2D eigenvalue weighted by Gasteiger charge is -2.27. The van der Waals surface area contributed by atoms with Crippen molar-refractivity contribution < 1.29 is 9.53 Å². The van der Waals surface area contributed by atoms with Gasteiger partial charge < -0.3 is 10.1 Å². The van der Waals surface area contributed by atoms with Crippen LogP contribution in [-0.4, -0.2) is 42.8 Å². The van der Waals surface area contributed by atoms with Crippen LogP contribution in [0.1, 0.15) is 29.3 Å². The monoisotopic (exact) mass is 436 g/mol. The van der Waals surface area contributed by atoms with E-state index in [1.54, 1.807) is 23.1 Å². The summed E-state index contributed by atoms with van der Waals surface area (Å²) in [6, 6.07) is 14.5. The topological polar surface area (TPSA) is 41.6 Å². The highest BCUT2D eigenvalue weighted by Gasteiger charge is 2.27. The predicted molar refractivity (Wildman–Crippen MR) is 120 cm³/mol. The Bertz CT molecular complexity index is 790. The average molecular weight is 437 g/mol. The van der Waals surface area contributed by atoms with Crippen molar-refractivity contribution in [3.63, 3.8) is 0 Å². The molecule has 0 bridgehead atoms. The highest BCUT2D eigenvalue weighted by Crippen LogP contribution is 2.35. The van der Waals surface area contributed by atoms with Gasteiger partial charge in [-0.05, 0) is 42.9 Å². The molecular formula is C21H25ClN2O2S2. The van der Waals surface area contributed by atoms with Gasteiger partial charge in [-0.3, -0.25) is 9.69 Å². The zero-order valence-corrected chi connectivity index (χ0v) is 18.1. The van der Waals surface area contributed by atoms with Crippen molar-refractivity contribution in [3.05, 3.63) is 64.0 Å². The highest BCUT2D eigenvalue weighted by molar-refractivity contribution is 8.08. The number of likely N-dealkylation sites (tertiary alicyclic amines) is 1. The van der Waals surface area contributed by atoms with E-state index in [1.165, 1.54) is 17.7 Å². The smallest absolute Gasteiger partial charge is 0.287 e. The summed E-state index contributed by atoms with van der Waals surface area (Å²) in [5.74, 6) is 1.22. The first-order chi connectivity index (χ1) is 13.3. The van der Waals surface area contributed by atoms with Gasteiger partial charge in [0.2, 0.25) is 0 Å². The number of carbonyl (C=O) groups excluding carboxylic acids is 1. The number of carbonyl (C=O) groups is 1. The van der Waals surface area contributed by atoms with E-state index in [9.17, 15) is 4.79 Å². The van der Waals surface area contributed by atoms with E-state index >= 15 is 0 Å². The standard InChI is InChI=1S/C21H24N2O2S2.ClH/c24-21(19-20(27-14-12-25-19)16-7-2-1-3-8-16)22-15-17(18-9-6-13-26-18)23-10-4-5-11-23;/h1-3,6-9,13,17H,4-5,10-12,14-15H2,(H,22,24);1H. The summed E-state index contributed by atoms with van der Waals surface area (Å²) in [4.78, 5) is 17.7. The number of hydrogen-bond donors (Lipinski definition) is 1. The van der Waals surface area contributed by atoms with E-state index in [0.29, 0.717) is 18.9 Å². The third kappa shape index (κ3) is 4.92. The van der Waals surface area contributed by atoms with Crippen molar-refractivity contribution in [2.75, 3.05) is 32.0 Å². The molecular weight excluding hydrogens is 412 g/mol. The van der Waals surface area contributed by atoms with E-state index in [0.717, 1.165) is 29.3 Å². The molecule has 3 heterocycles. The van der Waals surface area contributed by atoms with Crippen molar-refractivity contribution in [2.45, 2.75) is 18.9 Å². The quantitative estimate of drug-likeness (QED) is 0.720. The summed E-state index contributed by atoms with van der Waals surface area (Å²) < 4.78 is 5.79. The molecule has 7 heteroatoms. The lowest BCUT2D eigenvalue weighted by atomic mass is 10.2. The molecule has 0 spiro atoms. The summed E-state index contributed by atoms with van der Waals surface area (Å²) in [7, 11) is 0. The van der Waals surface area contributed by atoms with Gasteiger partial charge in [-0.1, -0.05) is 36.4 Å². The lowest BCUT2D eigenvalue weighted by molar-refractivity contribution is -0.121. The fourth-order valence-electron chi connectivity index (χ4n) is 3.60. The Kier molecular flexibility index (Phi) is 7.85. The van der Waals surface area contributed by atoms with Gasteiger partial charge in [0, 0.05) is 17.2 Å². The van der Waals surface area contributed by atoms with Crippen LogP contribution < -0.4 is 5.32 Å². The Morgan fingerprint density at radius 1 is 1.14 bits per heavy atom. The van der Waals surface area contributed by atoms with Gasteiger partial charge in [0.15, 0.2) is 5.76 Å². The van der Waals surface area contributed by atoms with E-state index in [-0.39, 0.29) is 24.4 Å². The zero-order chi connectivity index (χ0) is 18.5. The number of halogens is 1. The Labute approximate surface area is 180 Å². The number of benzene rings is 1. The molecule has 1 atom stereocenters. The second-order valence-electron chi connectivity index (χ2n) is 6.71. The molecule has 1 unspecified atom stereocenters. The Hall–Kier alpha value is -1.47. The van der Waals surface area contributed by atoms with Gasteiger partial charge in [0.25, 0.3) is 5.91 Å².